The minimum atomic E-state index is -0.226. The van der Waals surface area contributed by atoms with Gasteiger partial charge in [0.2, 0.25) is 0 Å². The minimum absolute atomic E-state index is 0.0248. The summed E-state index contributed by atoms with van der Waals surface area (Å²) in [5, 5.41) is 17.8. The molecule has 0 atom stereocenters. The van der Waals surface area contributed by atoms with E-state index >= 15 is 0 Å². The fourth-order valence-corrected chi connectivity index (χ4v) is 8.30. The highest BCUT2D eigenvalue weighted by Gasteiger charge is 2.08. The largest absolute Gasteiger partial charge is 0.491 e. The van der Waals surface area contributed by atoms with Gasteiger partial charge >= 0.3 is 11.9 Å². The summed E-state index contributed by atoms with van der Waals surface area (Å²) in [5.41, 5.74) is 1.75. The highest BCUT2D eigenvalue weighted by Crippen LogP contribution is 2.15. The molecular formula is C76H136O32. The highest BCUT2D eigenvalue weighted by atomic mass is 16.6. The van der Waals surface area contributed by atoms with Crippen LogP contribution < -0.4 is 9.47 Å². The normalized spacial score (nSPS) is 12.2. The number of hydrogen-bond acceptors (Lipinski definition) is 32. The van der Waals surface area contributed by atoms with Crippen LogP contribution in [0.25, 0.3) is 0 Å². The molecule has 1 aliphatic rings. The molecule has 0 aliphatic carbocycles. The maximum Gasteiger partial charge on any atom is 0.306 e. The zero-order valence-corrected chi connectivity index (χ0v) is 65.2. The van der Waals surface area contributed by atoms with Crippen LogP contribution in [0.15, 0.2) is 48.5 Å². The molecular weight excluding hydrogens is 1420 g/mol. The van der Waals surface area contributed by atoms with Gasteiger partial charge in [-0.25, -0.2) is 0 Å². The van der Waals surface area contributed by atoms with Crippen molar-refractivity contribution in [3.05, 3.63) is 59.7 Å². The molecule has 32 nitrogen and oxygen atoms in total. The molecule has 0 spiro atoms. The summed E-state index contributed by atoms with van der Waals surface area (Å²) in [4.78, 5) is 22.2. The number of aliphatic hydroxyl groups is 2. The quantitative estimate of drug-likeness (QED) is 0.0651. The summed E-state index contributed by atoms with van der Waals surface area (Å²) < 4.78 is 151. The van der Waals surface area contributed by atoms with Gasteiger partial charge in [-0.2, -0.15) is 0 Å². The number of carbonyl (C=O) groups excluding carboxylic acids is 2. The average Bonchev–Trinajstić information content (AvgIpc) is 0.961. The standard InChI is InChI=1S/C38H68O16.C32H58O14.C6H10O2/c1-41-11-12-42-13-14-43-15-16-44-17-18-45-19-20-46-21-22-47-23-24-48-25-26-49-27-28-50-29-30-51-31-32-52-33-34-53-37-8-6-36(7-9-37)35-54-38(40)5-3-2-4-10-39;1-34-6-7-35-8-9-36-10-11-37-12-13-38-14-15-39-16-17-40-18-19-41-20-21-42-22-23-43-24-25-44-26-27-45-28-29-46-32-4-2-31(30-33)3-5-32;7-6-4-2-1-3-5-8-6/h6-9,39H,2-5,10-35H2,1H3;2-5,33H,6-30H2,1H3;1-5H2. The highest BCUT2D eigenvalue weighted by molar-refractivity contribution is 5.69. The third-order valence-electron chi connectivity index (χ3n) is 14.1. The number of unbranched alkanes of at least 4 members (excludes halogenated alkanes) is 2. The molecule has 108 heavy (non-hydrogen) atoms. The Bertz CT molecular complexity index is 2070. The van der Waals surface area contributed by atoms with Gasteiger partial charge < -0.3 is 143 Å². The van der Waals surface area contributed by atoms with Crippen molar-refractivity contribution in [3.63, 3.8) is 0 Å². The number of esters is 2. The van der Waals surface area contributed by atoms with Crippen molar-refractivity contribution in [1.29, 1.82) is 0 Å². The van der Waals surface area contributed by atoms with Gasteiger partial charge in [0, 0.05) is 33.7 Å². The Hall–Kier alpha value is -4.06. The number of methoxy groups -OCH3 is 2. The molecule has 2 aromatic carbocycles. The molecule has 0 aromatic heterocycles. The van der Waals surface area contributed by atoms with E-state index in [1.54, 1.807) is 14.2 Å². The van der Waals surface area contributed by atoms with E-state index < -0.39 is 0 Å². The van der Waals surface area contributed by atoms with E-state index in [2.05, 4.69) is 0 Å². The maximum atomic E-state index is 11.8. The summed E-state index contributed by atoms with van der Waals surface area (Å²) in [6.45, 7) is 25.4. The molecule has 0 unspecified atom stereocenters. The molecule has 32 heteroatoms. The summed E-state index contributed by atoms with van der Waals surface area (Å²) in [5.74, 6) is 1.22. The zero-order valence-electron chi connectivity index (χ0n) is 65.2. The van der Waals surface area contributed by atoms with Crippen LogP contribution in [0.4, 0.5) is 0 Å². The van der Waals surface area contributed by atoms with Crippen LogP contribution in [0, 0.1) is 0 Å². The number of aliphatic hydroxyl groups excluding tert-OH is 2. The van der Waals surface area contributed by atoms with Gasteiger partial charge in [0.15, 0.2) is 0 Å². The average molecular weight is 1560 g/mol. The molecule has 0 saturated carbocycles. The molecule has 1 fully saturated rings. The second kappa shape index (κ2) is 88.5. The lowest BCUT2D eigenvalue weighted by atomic mass is 10.2. The van der Waals surface area contributed by atoms with E-state index in [9.17, 15) is 9.59 Å². The Labute approximate surface area is 642 Å². The van der Waals surface area contributed by atoms with Gasteiger partial charge in [0.25, 0.3) is 0 Å². The van der Waals surface area contributed by atoms with Gasteiger partial charge in [0.1, 0.15) is 31.3 Å². The van der Waals surface area contributed by atoms with Crippen LogP contribution in [0.5, 0.6) is 11.5 Å². The van der Waals surface area contributed by atoms with E-state index in [1.165, 1.54) is 0 Å². The molecule has 2 aromatic rings. The molecule has 1 saturated heterocycles. The van der Waals surface area contributed by atoms with Crippen molar-refractivity contribution in [2.24, 2.45) is 0 Å². The molecule has 1 aliphatic heterocycles. The number of carbonyl (C=O) groups is 2. The maximum absolute atomic E-state index is 11.8. The van der Waals surface area contributed by atoms with E-state index in [4.69, 9.17) is 143 Å². The van der Waals surface area contributed by atoms with Crippen molar-refractivity contribution in [2.45, 2.75) is 64.6 Å². The molecule has 3 rings (SSSR count). The summed E-state index contributed by atoms with van der Waals surface area (Å²) >= 11 is 0. The second-order valence-electron chi connectivity index (χ2n) is 22.8. The topological polar surface area (TPSA) is 333 Å². The molecule has 0 bridgehead atoms. The van der Waals surface area contributed by atoms with Crippen LogP contribution in [0.3, 0.4) is 0 Å². The van der Waals surface area contributed by atoms with Gasteiger partial charge in [-0.05, 0) is 67.5 Å². The number of cyclic esters (lactones) is 1. The predicted octanol–water partition coefficient (Wildman–Crippen LogP) is 4.98. The Morgan fingerprint density at radius 3 is 0.806 bits per heavy atom. The second-order valence-corrected chi connectivity index (χ2v) is 22.8. The van der Waals surface area contributed by atoms with Crippen molar-refractivity contribution >= 4 is 11.9 Å². The molecule has 1 heterocycles. The Morgan fingerprint density at radius 2 is 0.556 bits per heavy atom. The smallest absolute Gasteiger partial charge is 0.306 e. The van der Waals surface area contributed by atoms with Crippen LogP contribution in [-0.2, 0) is 146 Å². The number of benzene rings is 2. The lowest BCUT2D eigenvalue weighted by Crippen LogP contribution is -2.15. The monoisotopic (exact) mass is 1560 g/mol. The first kappa shape index (κ1) is 102. The first-order chi connectivity index (χ1) is 53.5. The van der Waals surface area contributed by atoms with Crippen molar-refractivity contribution in [2.75, 3.05) is 345 Å². The summed E-state index contributed by atoms with van der Waals surface area (Å²) in [6, 6.07) is 14.7. The van der Waals surface area contributed by atoms with Crippen LogP contribution in [0.1, 0.15) is 62.5 Å². The third-order valence-corrected chi connectivity index (χ3v) is 14.1. The fourth-order valence-electron chi connectivity index (χ4n) is 8.30. The van der Waals surface area contributed by atoms with Crippen molar-refractivity contribution in [1.82, 2.24) is 0 Å². The first-order valence-corrected chi connectivity index (χ1v) is 38.2. The van der Waals surface area contributed by atoms with E-state index in [-0.39, 0.29) is 31.8 Å². The van der Waals surface area contributed by atoms with Gasteiger partial charge in [-0.1, -0.05) is 30.7 Å². The predicted molar refractivity (Wildman–Crippen MR) is 396 cm³/mol. The zero-order chi connectivity index (χ0) is 77.3. The third kappa shape index (κ3) is 80.0. The Morgan fingerprint density at radius 1 is 0.306 bits per heavy atom. The van der Waals surface area contributed by atoms with Crippen molar-refractivity contribution in [3.8, 4) is 11.5 Å². The van der Waals surface area contributed by atoms with Crippen molar-refractivity contribution < 1.29 is 152 Å². The number of rotatable bonds is 82. The molecule has 0 radical (unpaired) electrons. The number of ether oxygens (including phenoxy) is 28. The van der Waals surface area contributed by atoms with E-state index in [0.29, 0.717) is 343 Å². The lowest BCUT2D eigenvalue weighted by molar-refractivity contribution is -0.145. The van der Waals surface area contributed by atoms with Gasteiger partial charge in [0.05, 0.1) is 317 Å². The Balaban J connectivity index is 0.000000984. The number of hydrogen-bond donors (Lipinski definition) is 2. The van der Waals surface area contributed by atoms with E-state index in [1.807, 2.05) is 48.5 Å². The molecule has 0 amide bonds. The van der Waals surface area contributed by atoms with Gasteiger partial charge in [-0.15, -0.1) is 0 Å². The van der Waals surface area contributed by atoms with E-state index in [0.717, 1.165) is 54.7 Å². The summed E-state index contributed by atoms with van der Waals surface area (Å²) in [7, 11) is 3.29. The fraction of sp³-hybridized carbons (Fsp3) is 0.816. The molecule has 2 N–H and O–H groups in total. The van der Waals surface area contributed by atoms with Crippen LogP contribution in [0.2, 0.25) is 0 Å². The molecule has 632 valence electrons. The Kier molecular flexibility index (Phi) is 83.5. The van der Waals surface area contributed by atoms with Crippen LogP contribution in [-0.4, -0.2) is 367 Å². The summed E-state index contributed by atoms with van der Waals surface area (Å²) in [6.07, 6.45) is 6.45. The minimum Gasteiger partial charge on any atom is -0.491 e. The lowest BCUT2D eigenvalue weighted by Gasteiger charge is -2.09. The van der Waals surface area contributed by atoms with Crippen LogP contribution >= 0.6 is 0 Å². The first-order valence-electron chi connectivity index (χ1n) is 38.2. The van der Waals surface area contributed by atoms with Gasteiger partial charge in [-0.3, -0.25) is 9.59 Å². The SMILES string of the molecule is COCCOCCOCCOCCOCCOCCOCCOCCOCCOCCOCCOCCOc1ccc(CO)cc1.COCCOCCOCCOCCOCCOCCOCCOCCOCCOCCOCCOCCOc1ccc(COC(=O)CCCCCO)cc1.O=C1CCCCCO1.